The Balaban J connectivity index is 1.71. The van der Waals surface area contributed by atoms with Crippen molar-refractivity contribution in [1.29, 1.82) is 0 Å². The van der Waals surface area contributed by atoms with Gasteiger partial charge < -0.3 is 5.32 Å². The van der Waals surface area contributed by atoms with Gasteiger partial charge >= 0.3 is 0 Å². The predicted octanol–water partition coefficient (Wildman–Crippen LogP) is 0.717. The fourth-order valence-electron chi connectivity index (χ4n) is 2.52. The molecule has 0 aromatic carbocycles. The van der Waals surface area contributed by atoms with Crippen LogP contribution in [0, 0.1) is 0 Å². The van der Waals surface area contributed by atoms with Crippen molar-refractivity contribution in [3.63, 3.8) is 0 Å². The van der Waals surface area contributed by atoms with Crippen LogP contribution in [0.5, 0.6) is 0 Å². The Labute approximate surface area is 104 Å². The quantitative estimate of drug-likeness (QED) is 0.787. The van der Waals surface area contributed by atoms with Crippen molar-refractivity contribution >= 4 is 11.8 Å². The third-order valence-electron chi connectivity index (χ3n) is 3.93. The Morgan fingerprint density at radius 1 is 1.12 bits per heavy atom. The number of thioether (sulfide) groups is 1. The Kier molecular flexibility index (Phi) is 4.95. The minimum absolute atomic E-state index is 0.752. The molecule has 2 rings (SSSR count). The van der Waals surface area contributed by atoms with Gasteiger partial charge in [0.25, 0.3) is 0 Å². The first-order valence-corrected chi connectivity index (χ1v) is 7.61. The largest absolute Gasteiger partial charge is 0.314 e. The van der Waals surface area contributed by atoms with E-state index in [1.54, 1.807) is 0 Å². The van der Waals surface area contributed by atoms with Crippen LogP contribution in [0.15, 0.2) is 0 Å². The molecule has 94 valence electrons. The fourth-order valence-corrected chi connectivity index (χ4v) is 3.68. The summed E-state index contributed by atoms with van der Waals surface area (Å²) in [5, 5.41) is 4.21. The second-order valence-corrected chi connectivity index (χ2v) is 6.43. The number of rotatable bonds is 3. The molecule has 4 heteroatoms. The summed E-state index contributed by atoms with van der Waals surface area (Å²) in [4.78, 5) is 5.26. The lowest BCUT2D eigenvalue weighted by Crippen LogP contribution is -2.50. The zero-order valence-electron chi connectivity index (χ0n) is 10.6. The zero-order valence-corrected chi connectivity index (χ0v) is 11.4. The second-order valence-electron chi connectivity index (χ2n) is 4.94. The van der Waals surface area contributed by atoms with Crippen LogP contribution in [0.4, 0.5) is 0 Å². The highest BCUT2D eigenvalue weighted by atomic mass is 32.2. The van der Waals surface area contributed by atoms with Crippen LogP contribution in [0.1, 0.15) is 13.8 Å². The highest BCUT2D eigenvalue weighted by Gasteiger charge is 2.25. The van der Waals surface area contributed by atoms with Crippen molar-refractivity contribution in [2.45, 2.75) is 25.1 Å². The lowest BCUT2D eigenvalue weighted by atomic mass is 10.2. The highest BCUT2D eigenvalue weighted by Crippen LogP contribution is 2.23. The van der Waals surface area contributed by atoms with Gasteiger partial charge in [-0.25, -0.2) is 0 Å². The van der Waals surface area contributed by atoms with Crippen LogP contribution in [0.25, 0.3) is 0 Å². The van der Waals surface area contributed by atoms with E-state index in [1.807, 2.05) is 0 Å². The third-order valence-corrected chi connectivity index (χ3v) is 5.27. The van der Waals surface area contributed by atoms with Gasteiger partial charge in [0.1, 0.15) is 0 Å². The molecule has 0 radical (unpaired) electrons. The molecule has 0 aromatic heterocycles. The van der Waals surface area contributed by atoms with Gasteiger partial charge in [0.15, 0.2) is 0 Å². The number of piperazine rings is 1. The molecule has 16 heavy (non-hydrogen) atoms. The van der Waals surface area contributed by atoms with Crippen molar-refractivity contribution in [3.05, 3.63) is 0 Å². The molecule has 1 N–H and O–H groups in total. The van der Waals surface area contributed by atoms with E-state index >= 15 is 0 Å². The minimum atomic E-state index is 0.752. The van der Waals surface area contributed by atoms with Gasteiger partial charge in [-0.3, -0.25) is 9.80 Å². The van der Waals surface area contributed by atoms with E-state index in [2.05, 4.69) is 40.7 Å². The summed E-state index contributed by atoms with van der Waals surface area (Å²) in [6.45, 7) is 13.3. The molecule has 2 saturated heterocycles. The molecule has 2 aliphatic rings. The van der Waals surface area contributed by atoms with E-state index in [-0.39, 0.29) is 0 Å². The summed E-state index contributed by atoms with van der Waals surface area (Å²) in [6.07, 6.45) is 0. The first-order chi connectivity index (χ1) is 7.77. The molecule has 2 aliphatic heterocycles. The van der Waals surface area contributed by atoms with E-state index in [0.29, 0.717) is 0 Å². The number of hydrogen-bond acceptors (Lipinski definition) is 4. The van der Waals surface area contributed by atoms with Crippen LogP contribution in [0.3, 0.4) is 0 Å². The monoisotopic (exact) mass is 243 g/mol. The standard InChI is InChI=1S/C12H25N3S/c1-11-12(2)16-10-9-15(11)8-7-14-5-3-13-4-6-14/h11-13H,3-10H2,1-2H3. The van der Waals surface area contributed by atoms with Crippen molar-refractivity contribution in [1.82, 2.24) is 15.1 Å². The molecule has 0 amide bonds. The summed E-state index contributed by atoms with van der Waals surface area (Å²) in [6, 6.07) is 0.752. The summed E-state index contributed by atoms with van der Waals surface area (Å²) in [5.74, 6) is 1.31. The van der Waals surface area contributed by atoms with E-state index in [9.17, 15) is 0 Å². The molecule has 0 aliphatic carbocycles. The molecule has 0 spiro atoms. The highest BCUT2D eigenvalue weighted by molar-refractivity contribution is 8.00. The van der Waals surface area contributed by atoms with Gasteiger partial charge in [-0.15, -0.1) is 0 Å². The third kappa shape index (κ3) is 3.36. The molecule has 3 nitrogen and oxygen atoms in total. The number of nitrogens with one attached hydrogen (secondary N) is 1. The second kappa shape index (κ2) is 6.24. The molecular weight excluding hydrogens is 218 g/mol. The van der Waals surface area contributed by atoms with Crippen molar-refractivity contribution in [2.24, 2.45) is 0 Å². The molecule has 0 bridgehead atoms. The Hall–Kier alpha value is 0.230. The first kappa shape index (κ1) is 12.7. The van der Waals surface area contributed by atoms with E-state index < -0.39 is 0 Å². The maximum absolute atomic E-state index is 3.41. The van der Waals surface area contributed by atoms with Gasteiger partial charge in [-0.1, -0.05) is 6.92 Å². The SMILES string of the molecule is CC1SCCN(CCN2CCNCC2)C1C. The van der Waals surface area contributed by atoms with E-state index in [1.165, 1.54) is 51.6 Å². The minimum Gasteiger partial charge on any atom is -0.314 e. The fraction of sp³-hybridized carbons (Fsp3) is 1.00. The van der Waals surface area contributed by atoms with Gasteiger partial charge in [-0.2, -0.15) is 11.8 Å². The smallest absolute Gasteiger partial charge is 0.0184 e. The van der Waals surface area contributed by atoms with Crippen LogP contribution in [-0.2, 0) is 0 Å². The van der Waals surface area contributed by atoms with Crippen LogP contribution in [0.2, 0.25) is 0 Å². The summed E-state index contributed by atoms with van der Waals surface area (Å²) in [5.41, 5.74) is 0. The molecule has 2 atom stereocenters. The number of hydrogen-bond donors (Lipinski definition) is 1. The van der Waals surface area contributed by atoms with Crippen LogP contribution >= 0.6 is 11.8 Å². The van der Waals surface area contributed by atoms with E-state index in [4.69, 9.17) is 0 Å². The van der Waals surface area contributed by atoms with Gasteiger partial charge in [0.05, 0.1) is 0 Å². The lowest BCUT2D eigenvalue weighted by Gasteiger charge is -2.39. The maximum atomic E-state index is 3.41. The van der Waals surface area contributed by atoms with Gasteiger partial charge in [0, 0.05) is 62.9 Å². The average Bonchev–Trinajstić information content (AvgIpc) is 2.32. The normalized spacial score (nSPS) is 34.1. The lowest BCUT2D eigenvalue weighted by molar-refractivity contribution is 0.161. The molecule has 0 saturated carbocycles. The van der Waals surface area contributed by atoms with Crippen molar-refractivity contribution < 1.29 is 0 Å². The maximum Gasteiger partial charge on any atom is 0.0184 e. The summed E-state index contributed by atoms with van der Waals surface area (Å²) in [7, 11) is 0. The molecular formula is C12H25N3S. The summed E-state index contributed by atoms with van der Waals surface area (Å²) >= 11 is 2.13. The van der Waals surface area contributed by atoms with Crippen molar-refractivity contribution in [2.75, 3.05) is 51.6 Å². The van der Waals surface area contributed by atoms with Crippen molar-refractivity contribution in [3.8, 4) is 0 Å². The first-order valence-electron chi connectivity index (χ1n) is 6.56. The topological polar surface area (TPSA) is 18.5 Å². The zero-order chi connectivity index (χ0) is 11.4. The Bertz CT molecular complexity index is 206. The Morgan fingerprint density at radius 3 is 2.62 bits per heavy atom. The number of nitrogens with zero attached hydrogens (tertiary/aromatic N) is 2. The van der Waals surface area contributed by atoms with Crippen LogP contribution in [-0.4, -0.2) is 72.7 Å². The summed E-state index contributed by atoms with van der Waals surface area (Å²) < 4.78 is 0. The molecule has 2 heterocycles. The van der Waals surface area contributed by atoms with Crippen LogP contribution < -0.4 is 5.32 Å². The average molecular weight is 243 g/mol. The van der Waals surface area contributed by atoms with Gasteiger partial charge in [0.2, 0.25) is 0 Å². The molecule has 2 fully saturated rings. The van der Waals surface area contributed by atoms with E-state index in [0.717, 1.165) is 11.3 Å². The molecule has 2 unspecified atom stereocenters. The predicted molar refractivity (Wildman–Crippen MR) is 72.3 cm³/mol. The van der Waals surface area contributed by atoms with Gasteiger partial charge in [-0.05, 0) is 6.92 Å². The Morgan fingerprint density at radius 2 is 1.88 bits per heavy atom. The molecule has 0 aromatic rings.